The van der Waals surface area contributed by atoms with Crippen LogP contribution >= 0.6 is 23.4 Å². The van der Waals surface area contributed by atoms with Gasteiger partial charge in [0.15, 0.2) is 0 Å². The Morgan fingerprint density at radius 2 is 2.00 bits per heavy atom. The minimum atomic E-state index is -3.18. The molecular formula is C11H22ClNO2S2. The first kappa shape index (κ1) is 15.6. The largest absolute Gasteiger partial charge is 0.214 e. The van der Waals surface area contributed by atoms with Crippen LogP contribution in [0.4, 0.5) is 0 Å². The van der Waals surface area contributed by atoms with Crippen LogP contribution in [0, 0.1) is 5.92 Å². The molecule has 1 atom stereocenters. The molecule has 1 aliphatic carbocycles. The van der Waals surface area contributed by atoms with Crippen molar-refractivity contribution in [3.05, 3.63) is 0 Å². The fourth-order valence-corrected chi connectivity index (χ4v) is 4.92. The fourth-order valence-electron chi connectivity index (χ4n) is 2.19. The van der Waals surface area contributed by atoms with Gasteiger partial charge in [0.05, 0.1) is 5.75 Å². The highest BCUT2D eigenvalue weighted by molar-refractivity contribution is 8.00. The molecule has 102 valence electrons. The van der Waals surface area contributed by atoms with E-state index in [1.54, 1.807) is 11.8 Å². The van der Waals surface area contributed by atoms with Crippen LogP contribution in [-0.2, 0) is 10.0 Å². The predicted molar refractivity (Wildman–Crippen MR) is 76.4 cm³/mol. The topological polar surface area (TPSA) is 46.2 Å². The van der Waals surface area contributed by atoms with Crippen LogP contribution in [0.5, 0.6) is 0 Å². The molecule has 0 aromatic rings. The maximum Gasteiger partial charge on any atom is 0.211 e. The smallest absolute Gasteiger partial charge is 0.211 e. The van der Waals surface area contributed by atoms with Crippen molar-refractivity contribution < 1.29 is 8.42 Å². The van der Waals surface area contributed by atoms with Gasteiger partial charge in [0.1, 0.15) is 0 Å². The molecule has 0 radical (unpaired) electrons. The molecule has 0 spiro atoms. The first-order valence-electron chi connectivity index (χ1n) is 6.01. The SMILES string of the molecule is CSC1(CNS(=O)(=O)CC(C)CCl)CCCC1. The van der Waals surface area contributed by atoms with Crippen molar-refractivity contribution in [2.45, 2.75) is 37.4 Å². The Morgan fingerprint density at radius 1 is 1.41 bits per heavy atom. The Balaban J connectivity index is 2.48. The van der Waals surface area contributed by atoms with Crippen molar-refractivity contribution in [2.24, 2.45) is 5.92 Å². The first-order valence-corrected chi connectivity index (χ1v) is 9.43. The van der Waals surface area contributed by atoms with E-state index in [0.29, 0.717) is 12.4 Å². The van der Waals surface area contributed by atoms with E-state index in [1.165, 1.54) is 12.8 Å². The van der Waals surface area contributed by atoms with E-state index in [1.807, 2.05) is 6.92 Å². The zero-order valence-corrected chi connectivity index (χ0v) is 12.9. The van der Waals surface area contributed by atoms with Gasteiger partial charge in [-0.15, -0.1) is 11.6 Å². The summed E-state index contributed by atoms with van der Waals surface area (Å²) in [6.45, 7) is 2.41. The zero-order valence-electron chi connectivity index (χ0n) is 10.5. The second-order valence-electron chi connectivity index (χ2n) is 4.96. The maximum atomic E-state index is 11.8. The molecule has 0 bridgehead atoms. The fraction of sp³-hybridized carbons (Fsp3) is 1.00. The van der Waals surface area contributed by atoms with Gasteiger partial charge in [0.25, 0.3) is 0 Å². The average molecular weight is 300 g/mol. The molecule has 1 aliphatic rings. The molecule has 6 heteroatoms. The van der Waals surface area contributed by atoms with Gasteiger partial charge in [0, 0.05) is 17.2 Å². The summed E-state index contributed by atoms with van der Waals surface area (Å²) in [6.07, 6.45) is 6.71. The molecule has 17 heavy (non-hydrogen) atoms. The minimum Gasteiger partial charge on any atom is -0.214 e. The standard InChI is InChI=1S/C11H22ClNO2S2/c1-10(7-12)8-17(14,15)13-9-11(16-2)5-3-4-6-11/h10,13H,3-9H2,1-2H3. The average Bonchev–Trinajstić information content (AvgIpc) is 2.75. The van der Waals surface area contributed by atoms with Crippen LogP contribution < -0.4 is 4.72 Å². The monoisotopic (exact) mass is 299 g/mol. The summed E-state index contributed by atoms with van der Waals surface area (Å²) in [4.78, 5) is 0. The second kappa shape index (κ2) is 6.64. The highest BCUT2D eigenvalue weighted by Gasteiger charge is 2.34. The zero-order chi connectivity index (χ0) is 12.9. The number of hydrogen-bond donors (Lipinski definition) is 1. The quantitative estimate of drug-likeness (QED) is 0.735. The molecule has 3 nitrogen and oxygen atoms in total. The molecule has 0 heterocycles. The first-order chi connectivity index (χ1) is 7.93. The highest BCUT2D eigenvalue weighted by atomic mass is 35.5. The van der Waals surface area contributed by atoms with E-state index >= 15 is 0 Å². The molecule has 1 N–H and O–H groups in total. The molecule has 0 aromatic heterocycles. The molecular weight excluding hydrogens is 278 g/mol. The summed E-state index contributed by atoms with van der Waals surface area (Å²) in [6, 6.07) is 0. The van der Waals surface area contributed by atoms with Gasteiger partial charge >= 0.3 is 0 Å². The van der Waals surface area contributed by atoms with Gasteiger partial charge in [0.2, 0.25) is 10.0 Å². The third-order valence-corrected chi connectivity index (χ3v) is 6.87. The second-order valence-corrected chi connectivity index (χ2v) is 8.39. The third-order valence-electron chi connectivity index (χ3n) is 3.33. The number of nitrogens with one attached hydrogen (secondary N) is 1. The van der Waals surface area contributed by atoms with E-state index in [4.69, 9.17) is 11.6 Å². The highest BCUT2D eigenvalue weighted by Crippen LogP contribution is 2.39. The van der Waals surface area contributed by atoms with Crippen LogP contribution in [0.1, 0.15) is 32.6 Å². The van der Waals surface area contributed by atoms with Gasteiger partial charge < -0.3 is 0 Å². The number of rotatable bonds is 7. The van der Waals surface area contributed by atoms with Gasteiger partial charge in [-0.2, -0.15) is 11.8 Å². The Kier molecular flexibility index (Phi) is 6.10. The van der Waals surface area contributed by atoms with Crippen molar-refractivity contribution in [1.82, 2.24) is 4.72 Å². The lowest BCUT2D eigenvalue weighted by Gasteiger charge is -2.27. The van der Waals surface area contributed by atoms with E-state index in [-0.39, 0.29) is 16.4 Å². The minimum absolute atomic E-state index is 0.00275. The Bertz CT molecular complexity index is 326. The molecule has 0 aromatic carbocycles. The molecule has 1 saturated carbocycles. The van der Waals surface area contributed by atoms with Crippen molar-refractivity contribution in [3.8, 4) is 0 Å². The molecule has 0 amide bonds. The third kappa shape index (κ3) is 4.97. The van der Waals surface area contributed by atoms with Crippen LogP contribution in [0.2, 0.25) is 0 Å². The summed E-state index contributed by atoms with van der Waals surface area (Å²) in [5.74, 6) is 0.512. The van der Waals surface area contributed by atoms with Gasteiger partial charge in [-0.1, -0.05) is 19.8 Å². The van der Waals surface area contributed by atoms with Crippen LogP contribution in [0.3, 0.4) is 0 Å². The summed E-state index contributed by atoms with van der Waals surface area (Å²) in [5, 5.41) is 0. The van der Waals surface area contributed by atoms with E-state index in [9.17, 15) is 8.42 Å². The normalized spacial score (nSPS) is 21.6. The number of sulfonamides is 1. The van der Waals surface area contributed by atoms with Crippen LogP contribution in [0.25, 0.3) is 0 Å². The van der Waals surface area contributed by atoms with Gasteiger partial charge in [-0.25, -0.2) is 13.1 Å². The molecule has 1 rings (SSSR count). The number of thioether (sulfide) groups is 1. The maximum absolute atomic E-state index is 11.8. The Hall–Kier alpha value is 0.550. The Morgan fingerprint density at radius 3 is 2.47 bits per heavy atom. The van der Waals surface area contributed by atoms with Crippen molar-refractivity contribution in [2.75, 3.05) is 24.4 Å². The summed E-state index contributed by atoms with van der Waals surface area (Å²) < 4.78 is 26.5. The van der Waals surface area contributed by atoms with Crippen molar-refractivity contribution >= 4 is 33.4 Å². The Labute approximate surface area is 114 Å². The predicted octanol–water partition coefficient (Wildman–Crippen LogP) is 2.46. The van der Waals surface area contributed by atoms with Gasteiger partial charge in [-0.3, -0.25) is 0 Å². The van der Waals surface area contributed by atoms with E-state index in [0.717, 1.165) is 12.8 Å². The van der Waals surface area contributed by atoms with Crippen molar-refractivity contribution in [3.63, 3.8) is 0 Å². The molecule has 1 fully saturated rings. The number of halogens is 1. The number of hydrogen-bond acceptors (Lipinski definition) is 3. The van der Waals surface area contributed by atoms with E-state index in [2.05, 4.69) is 11.0 Å². The molecule has 1 unspecified atom stereocenters. The lowest BCUT2D eigenvalue weighted by atomic mass is 10.1. The van der Waals surface area contributed by atoms with Gasteiger partial charge in [-0.05, 0) is 25.0 Å². The summed E-state index contributed by atoms with van der Waals surface area (Å²) in [5.41, 5.74) is 0. The number of alkyl halides is 1. The van der Waals surface area contributed by atoms with Crippen LogP contribution in [-0.4, -0.2) is 37.6 Å². The van der Waals surface area contributed by atoms with E-state index < -0.39 is 10.0 Å². The molecule has 0 saturated heterocycles. The summed E-state index contributed by atoms with van der Waals surface area (Å²) in [7, 11) is -3.18. The summed E-state index contributed by atoms with van der Waals surface area (Å²) >= 11 is 7.44. The van der Waals surface area contributed by atoms with Crippen LogP contribution in [0.15, 0.2) is 0 Å². The molecule has 0 aliphatic heterocycles. The lowest BCUT2D eigenvalue weighted by Crippen LogP contribution is -2.40. The van der Waals surface area contributed by atoms with Crippen molar-refractivity contribution in [1.29, 1.82) is 0 Å². The lowest BCUT2D eigenvalue weighted by molar-refractivity contribution is 0.543.